The van der Waals surface area contributed by atoms with Gasteiger partial charge in [0.2, 0.25) is 0 Å². The summed E-state index contributed by atoms with van der Waals surface area (Å²) in [6, 6.07) is -0.157. The highest BCUT2D eigenvalue weighted by atomic mass is 32.2. The number of hydrogen-bond acceptors (Lipinski definition) is 4. The molecule has 6 heteroatoms. The molecule has 1 aromatic rings. The van der Waals surface area contributed by atoms with E-state index in [0.717, 1.165) is 24.4 Å². The van der Waals surface area contributed by atoms with Crippen molar-refractivity contribution in [1.82, 2.24) is 19.7 Å². The fourth-order valence-electron chi connectivity index (χ4n) is 1.37. The lowest BCUT2D eigenvalue weighted by Gasteiger charge is -2.10. The van der Waals surface area contributed by atoms with Crippen molar-refractivity contribution in [3.8, 4) is 0 Å². The summed E-state index contributed by atoms with van der Waals surface area (Å²) in [4.78, 5) is 17.9. The number of amides is 1. The van der Waals surface area contributed by atoms with E-state index in [1.54, 1.807) is 20.2 Å². The zero-order valence-electron chi connectivity index (χ0n) is 10.1. The summed E-state index contributed by atoms with van der Waals surface area (Å²) in [6.45, 7) is 3.67. The van der Waals surface area contributed by atoms with Crippen molar-refractivity contribution in [2.45, 2.75) is 23.9 Å². The van der Waals surface area contributed by atoms with E-state index in [0.29, 0.717) is 11.1 Å². The molecule has 1 aliphatic rings. The lowest BCUT2D eigenvalue weighted by molar-refractivity contribution is 0.213. The number of hydrogen-bond donors (Lipinski definition) is 0. The maximum Gasteiger partial charge on any atom is 0.346 e. The summed E-state index contributed by atoms with van der Waals surface area (Å²) in [5, 5.41) is 4.96. The van der Waals surface area contributed by atoms with Gasteiger partial charge < -0.3 is 4.90 Å². The van der Waals surface area contributed by atoms with Crippen LogP contribution in [0.25, 0.3) is 0 Å². The van der Waals surface area contributed by atoms with E-state index in [1.807, 2.05) is 0 Å². The normalized spacial score (nSPS) is 14.7. The Kier molecular flexibility index (Phi) is 3.51. The molecule has 5 nitrogen and oxygen atoms in total. The predicted molar refractivity (Wildman–Crippen MR) is 67.4 cm³/mol. The molecule has 0 aliphatic heterocycles. The third-order valence-corrected chi connectivity index (χ3v) is 3.36. The first kappa shape index (κ1) is 12.2. The maximum absolute atomic E-state index is 11.9. The third kappa shape index (κ3) is 2.69. The molecule has 1 aliphatic carbocycles. The van der Waals surface area contributed by atoms with E-state index in [2.05, 4.69) is 16.7 Å². The minimum absolute atomic E-state index is 0.157. The van der Waals surface area contributed by atoms with Crippen molar-refractivity contribution < 1.29 is 4.79 Å². The largest absolute Gasteiger partial charge is 0.346 e. The van der Waals surface area contributed by atoms with Gasteiger partial charge in [0.25, 0.3) is 0 Å². The molecule has 1 aromatic heterocycles. The standard InChI is InChI=1S/C11H16N4OS/c1-4-7-17-10-12-9(8-5-6-8)13-15(10)11(16)14(2)3/h4,8H,1,5-7H2,2-3H3. The zero-order chi connectivity index (χ0) is 12.4. The molecule has 1 heterocycles. The van der Waals surface area contributed by atoms with Crippen molar-refractivity contribution >= 4 is 17.8 Å². The fourth-order valence-corrected chi connectivity index (χ4v) is 2.03. The number of rotatable bonds is 4. The van der Waals surface area contributed by atoms with Gasteiger partial charge in [0.15, 0.2) is 11.0 Å². The van der Waals surface area contributed by atoms with Crippen LogP contribution in [-0.2, 0) is 0 Å². The van der Waals surface area contributed by atoms with E-state index in [4.69, 9.17) is 0 Å². The number of aromatic nitrogens is 3. The molecule has 1 saturated carbocycles. The van der Waals surface area contributed by atoms with Gasteiger partial charge in [0, 0.05) is 25.8 Å². The first-order valence-corrected chi connectivity index (χ1v) is 6.54. The van der Waals surface area contributed by atoms with Gasteiger partial charge in [-0.1, -0.05) is 17.8 Å². The smallest absolute Gasteiger partial charge is 0.329 e. The number of carbonyl (C=O) groups is 1. The van der Waals surface area contributed by atoms with Crippen LogP contribution in [0.15, 0.2) is 17.8 Å². The third-order valence-electron chi connectivity index (χ3n) is 2.43. The molecule has 0 N–H and O–H groups in total. The minimum atomic E-state index is -0.157. The van der Waals surface area contributed by atoms with Gasteiger partial charge in [-0.2, -0.15) is 4.68 Å². The van der Waals surface area contributed by atoms with Gasteiger partial charge in [-0.25, -0.2) is 9.78 Å². The van der Waals surface area contributed by atoms with E-state index >= 15 is 0 Å². The molecule has 0 bridgehead atoms. The Balaban J connectivity index is 2.26. The van der Waals surface area contributed by atoms with Gasteiger partial charge in [-0.15, -0.1) is 11.7 Å². The van der Waals surface area contributed by atoms with Gasteiger partial charge in [-0.05, 0) is 12.8 Å². The Labute approximate surface area is 105 Å². The summed E-state index contributed by atoms with van der Waals surface area (Å²) in [5.74, 6) is 1.98. The molecular formula is C11H16N4OS. The summed E-state index contributed by atoms with van der Waals surface area (Å²) in [7, 11) is 3.42. The Hall–Kier alpha value is -1.30. The SMILES string of the molecule is C=CCSc1nc(C2CC2)nn1C(=O)N(C)C. The van der Waals surface area contributed by atoms with Crippen LogP contribution in [0.4, 0.5) is 4.79 Å². The highest BCUT2D eigenvalue weighted by molar-refractivity contribution is 7.99. The molecule has 92 valence electrons. The number of nitrogens with zero attached hydrogens (tertiary/aromatic N) is 4. The number of carbonyl (C=O) groups excluding carboxylic acids is 1. The summed E-state index contributed by atoms with van der Waals surface area (Å²) in [5.41, 5.74) is 0. The summed E-state index contributed by atoms with van der Waals surface area (Å²) >= 11 is 1.48. The van der Waals surface area contributed by atoms with Crippen LogP contribution in [0.2, 0.25) is 0 Å². The molecule has 0 spiro atoms. The first-order valence-electron chi connectivity index (χ1n) is 5.55. The van der Waals surface area contributed by atoms with Gasteiger partial charge in [0.1, 0.15) is 0 Å². The highest BCUT2D eigenvalue weighted by Gasteiger charge is 2.30. The molecule has 17 heavy (non-hydrogen) atoms. The molecule has 1 amide bonds. The lowest BCUT2D eigenvalue weighted by Crippen LogP contribution is -2.28. The second kappa shape index (κ2) is 4.91. The highest BCUT2D eigenvalue weighted by Crippen LogP contribution is 2.38. The van der Waals surface area contributed by atoms with Crippen molar-refractivity contribution in [3.63, 3.8) is 0 Å². The maximum atomic E-state index is 11.9. The monoisotopic (exact) mass is 252 g/mol. The predicted octanol–water partition coefficient (Wildman–Crippen LogP) is 1.96. The molecule has 0 atom stereocenters. The van der Waals surface area contributed by atoms with Crippen molar-refractivity contribution in [3.05, 3.63) is 18.5 Å². The summed E-state index contributed by atoms with van der Waals surface area (Å²) < 4.78 is 1.39. The Morgan fingerprint density at radius 3 is 2.88 bits per heavy atom. The molecule has 0 radical (unpaired) electrons. The Morgan fingerprint density at radius 1 is 1.65 bits per heavy atom. The molecular weight excluding hydrogens is 236 g/mol. The van der Waals surface area contributed by atoms with Crippen molar-refractivity contribution in [2.24, 2.45) is 0 Å². The topological polar surface area (TPSA) is 51.0 Å². The van der Waals surface area contributed by atoms with Crippen LogP contribution in [-0.4, -0.2) is 45.5 Å². The average molecular weight is 252 g/mol. The second-order valence-corrected chi connectivity index (χ2v) is 5.20. The van der Waals surface area contributed by atoms with Crippen LogP contribution in [0.3, 0.4) is 0 Å². The van der Waals surface area contributed by atoms with Crippen LogP contribution in [0.5, 0.6) is 0 Å². The van der Waals surface area contributed by atoms with E-state index < -0.39 is 0 Å². The number of thioether (sulfide) groups is 1. The summed E-state index contributed by atoms with van der Waals surface area (Å²) in [6.07, 6.45) is 4.05. The van der Waals surface area contributed by atoms with Crippen LogP contribution >= 0.6 is 11.8 Å². The zero-order valence-corrected chi connectivity index (χ0v) is 10.9. The molecule has 2 rings (SSSR count). The minimum Gasteiger partial charge on any atom is -0.329 e. The van der Waals surface area contributed by atoms with Crippen LogP contribution < -0.4 is 0 Å². The van der Waals surface area contributed by atoms with Gasteiger partial charge >= 0.3 is 6.03 Å². The second-order valence-electron chi connectivity index (χ2n) is 4.22. The van der Waals surface area contributed by atoms with E-state index in [1.165, 1.54) is 21.3 Å². The molecule has 1 fully saturated rings. The van der Waals surface area contributed by atoms with E-state index in [-0.39, 0.29) is 6.03 Å². The van der Waals surface area contributed by atoms with Gasteiger partial charge in [0.05, 0.1) is 0 Å². The molecule has 0 saturated heterocycles. The molecule has 0 unspecified atom stereocenters. The fraction of sp³-hybridized carbons (Fsp3) is 0.545. The average Bonchev–Trinajstić information content (AvgIpc) is 3.06. The van der Waals surface area contributed by atoms with Gasteiger partial charge in [-0.3, -0.25) is 0 Å². The van der Waals surface area contributed by atoms with E-state index in [9.17, 15) is 4.79 Å². The quantitative estimate of drug-likeness (QED) is 0.607. The molecule has 0 aromatic carbocycles. The Morgan fingerprint density at radius 2 is 2.35 bits per heavy atom. The van der Waals surface area contributed by atoms with Crippen molar-refractivity contribution in [2.75, 3.05) is 19.8 Å². The van der Waals surface area contributed by atoms with Crippen LogP contribution in [0, 0.1) is 0 Å². The van der Waals surface area contributed by atoms with Crippen molar-refractivity contribution in [1.29, 1.82) is 0 Å². The Bertz CT molecular complexity index is 437. The first-order chi connectivity index (χ1) is 8.13. The lowest BCUT2D eigenvalue weighted by atomic mass is 10.4. The van der Waals surface area contributed by atoms with Crippen LogP contribution in [0.1, 0.15) is 24.6 Å².